The standard InChI is InChI=1S/C31H49N3O5/c1-2-3-4-5-6-10-23-38-31(37)33-27-16-14-26(15-17-27)32-29(35)18-13-25-19-21-34(22-20-25)24-30(36)39-28-11-8-7-9-12-28/h14-17,25,28H,2-13,18-24H2,1H3,(H,32,35)(H,33,37). The zero-order valence-electron chi connectivity index (χ0n) is 23.9. The summed E-state index contributed by atoms with van der Waals surface area (Å²) in [7, 11) is 0. The Morgan fingerprint density at radius 3 is 2.18 bits per heavy atom. The van der Waals surface area contributed by atoms with E-state index in [1.807, 2.05) is 0 Å². The number of carbonyl (C=O) groups excluding carboxylic acids is 3. The van der Waals surface area contributed by atoms with Crippen molar-refractivity contribution >= 4 is 29.3 Å². The smallest absolute Gasteiger partial charge is 0.411 e. The average molecular weight is 544 g/mol. The summed E-state index contributed by atoms with van der Waals surface area (Å²) in [4.78, 5) is 38.9. The Labute approximate surface area is 234 Å². The SMILES string of the molecule is CCCCCCCCOC(=O)Nc1ccc(NC(=O)CCC2CCN(CC(=O)OC3CCCCC3)CC2)cc1. The summed E-state index contributed by atoms with van der Waals surface area (Å²) in [6.45, 7) is 4.76. The lowest BCUT2D eigenvalue weighted by atomic mass is 9.92. The highest BCUT2D eigenvalue weighted by molar-refractivity contribution is 5.91. The van der Waals surface area contributed by atoms with E-state index in [2.05, 4.69) is 22.5 Å². The van der Waals surface area contributed by atoms with Crippen molar-refractivity contribution < 1.29 is 23.9 Å². The van der Waals surface area contributed by atoms with Gasteiger partial charge in [-0.3, -0.25) is 19.8 Å². The molecule has 2 fully saturated rings. The van der Waals surface area contributed by atoms with Gasteiger partial charge < -0.3 is 14.8 Å². The molecule has 1 heterocycles. The van der Waals surface area contributed by atoms with Gasteiger partial charge >= 0.3 is 12.1 Å². The van der Waals surface area contributed by atoms with Crippen LogP contribution in [0.25, 0.3) is 0 Å². The third kappa shape index (κ3) is 12.9. The second kappa shape index (κ2) is 17.9. The van der Waals surface area contributed by atoms with E-state index in [-0.39, 0.29) is 18.0 Å². The molecule has 39 heavy (non-hydrogen) atoms. The van der Waals surface area contributed by atoms with Gasteiger partial charge in [-0.15, -0.1) is 0 Å². The van der Waals surface area contributed by atoms with Gasteiger partial charge in [-0.05, 0) is 94.6 Å². The van der Waals surface area contributed by atoms with Crippen LogP contribution >= 0.6 is 0 Å². The maximum Gasteiger partial charge on any atom is 0.411 e. The molecule has 0 unspecified atom stereocenters. The minimum atomic E-state index is -0.451. The lowest BCUT2D eigenvalue weighted by Gasteiger charge is -2.31. The number of likely N-dealkylation sites (tertiary alicyclic amines) is 1. The quantitative estimate of drug-likeness (QED) is 0.184. The van der Waals surface area contributed by atoms with Gasteiger partial charge in [0.25, 0.3) is 0 Å². The second-order valence-corrected chi connectivity index (χ2v) is 11.2. The predicted octanol–water partition coefficient (Wildman–Crippen LogP) is 6.90. The van der Waals surface area contributed by atoms with Crippen molar-refractivity contribution in [1.29, 1.82) is 0 Å². The lowest BCUT2D eigenvalue weighted by molar-refractivity contribution is -0.152. The lowest BCUT2D eigenvalue weighted by Crippen LogP contribution is -2.39. The van der Waals surface area contributed by atoms with Gasteiger partial charge in [0.05, 0.1) is 13.2 Å². The summed E-state index contributed by atoms with van der Waals surface area (Å²) in [5, 5.41) is 5.67. The van der Waals surface area contributed by atoms with Gasteiger partial charge in [0.1, 0.15) is 6.10 Å². The maximum absolute atomic E-state index is 12.5. The number of amides is 2. The molecule has 0 atom stereocenters. The topological polar surface area (TPSA) is 97.0 Å². The Kier molecular flexibility index (Phi) is 14.2. The highest BCUT2D eigenvalue weighted by Crippen LogP contribution is 2.24. The second-order valence-electron chi connectivity index (χ2n) is 11.2. The van der Waals surface area contributed by atoms with E-state index in [4.69, 9.17) is 9.47 Å². The molecule has 0 bridgehead atoms. The molecular formula is C31H49N3O5. The Balaban J connectivity index is 1.24. The van der Waals surface area contributed by atoms with Crippen molar-refractivity contribution in [2.45, 2.75) is 109 Å². The number of benzene rings is 1. The van der Waals surface area contributed by atoms with E-state index in [1.165, 1.54) is 32.1 Å². The molecule has 1 aliphatic heterocycles. The van der Waals surface area contributed by atoms with Crippen LogP contribution in [-0.2, 0) is 19.1 Å². The summed E-state index contributed by atoms with van der Waals surface area (Å²) in [5.41, 5.74) is 1.34. The minimum Gasteiger partial charge on any atom is -0.461 e. The fourth-order valence-corrected chi connectivity index (χ4v) is 5.42. The molecule has 0 aromatic heterocycles. The van der Waals surface area contributed by atoms with E-state index in [0.29, 0.717) is 36.9 Å². The highest BCUT2D eigenvalue weighted by atomic mass is 16.5. The molecular weight excluding hydrogens is 494 g/mol. The summed E-state index contributed by atoms with van der Waals surface area (Å²) in [6.07, 6.45) is 15.4. The number of nitrogens with one attached hydrogen (secondary N) is 2. The molecule has 1 saturated carbocycles. The number of ether oxygens (including phenoxy) is 2. The average Bonchev–Trinajstić information content (AvgIpc) is 2.94. The van der Waals surface area contributed by atoms with E-state index < -0.39 is 6.09 Å². The van der Waals surface area contributed by atoms with Crippen LogP contribution < -0.4 is 10.6 Å². The summed E-state index contributed by atoms with van der Waals surface area (Å²) >= 11 is 0. The van der Waals surface area contributed by atoms with Crippen LogP contribution in [0.3, 0.4) is 0 Å². The van der Waals surface area contributed by atoms with Gasteiger partial charge in [-0.2, -0.15) is 0 Å². The number of hydrogen-bond acceptors (Lipinski definition) is 6. The molecule has 8 nitrogen and oxygen atoms in total. The molecule has 1 aromatic rings. The van der Waals surface area contributed by atoms with Crippen molar-refractivity contribution in [3.8, 4) is 0 Å². The molecule has 0 radical (unpaired) electrons. The van der Waals surface area contributed by atoms with Crippen LogP contribution in [0.15, 0.2) is 24.3 Å². The first-order chi connectivity index (χ1) is 19.0. The normalized spacial score (nSPS) is 16.9. The van der Waals surface area contributed by atoms with Crippen molar-refractivity contribution in [2.75, 3.05) is 36.9 Å². The van der Waals surface area contributed by atoms with Crippen LogP contribution in [0, 0.1) is 5.92 Å². The number of hydrogen-bond donors (Lipinski definition) is 2. The van der Waals surface area contributed by atoms with E-state index in [0.717, 1.165) is 70.9 Å². The first-order valence-electron chi connectivity index (χ1n) is 15.3. The minimum absolute atomic E-state index is 0.00690. The number of anilines is 2. The number of nitrogens with zero attached hydrogens (tertiary/aromatic N) is 1. The molecule has 1 saturated heterocycles. The highest BCUT2D eigenvalue weighted by Gasteiger charge is 2.24. The number of carbonyl (C=O) groups is 3. The molecule has 0 spiro atoms. The third-order valence-corrected chi connectivity index (χ3v) is 7.84. The zero-order valence-corrected chi connectivity index (χ0v) is 23.9. The first-order valence-corrected chi connectivity index (χ1v) is 15.3. The number of piperidine rings is 1. The molecule has 1 aliphatic carbocycles. The van der Waals surface area contributed by atoms with Crippen LogP contribution in [0.5, 0.6) is 0 Å². The molecule has 2 aliphatic rings. The molecule has 2 N–H and O–H groups in total. The van der Waals surface area contributed by atoms with Gasteiger partial charge in [0.2, 0.25) is 5.91 Å². The van der Waals surface area contributed by atoms with Gasteiger partial charge in [-0.25, -0.2) is 4.79 Å². The van der Waals surface area contributed by atoms with Gasteiger partial charge in [-0.1, -0.05) is 45.4 Å². The maximum atomic E-state index is 12.5. The van der Waals surface area contributed by atoms with Crippen LogP contribution in [0.1, 0.15) is 103 Å². The fraction of sp³-hybridized carbons (Fsp3) is 0.710. The Morgan fingerprint density at radius 1 is 0.846 bits per heavy atom. The van der Waals surface area contributed by atoms with Gasteiger partial charge in [0, 0.05) is 17.8 Å². The third-order valence-electron chi connectivity index (χ3n) is 7.84. The van der Waals surface area contributed by atoms with Crippen molar-refractivity contribution in [1.82, 2.24) is 4.90 Å². The largest absolute Gasteiger partial charge is 0.461 e. The Morgan fingerprint density at radius 2 is 1.49 bits per heavy atom. The predicted molar refractivity (Wildman–Crippen MR) is 155 cm³/mol. The van der Waals surface area contributed by atoms with Crippen molar-refractivity contribution in [2.24, 2.45) is 5.92 Å². The van der Waals surface area contributed by atoms with E-state index >= 15 is 0 Å². The zero-order chi connectivity index (χ0) is 27.7. The number of unbranched alkanes of at least 4 members (excludes halogenated alkanes) is 5. The van der Waals surface area contributed by atoms with Gasteiger partial charge in [0.15, 0.2) is 0 Å². The van der Waals surface area contributed by atoms with Crippen LogP contribution in [-0.4, -0.2) is 55.2 Å². The Bertz CT molecular complexity index is 861. The molecule has 3 rings (SSSR count). The molecule has 8 heteroatoms. The Hall–Kier alpha value is -2.61. The van der Waals surface area contributed by atoms with Crippen LogP contribution in [0.2, 0.25) is 0 Å². The monoisotopic (exact) mass is 543 g/mol. The first kappa shape index (κ1) is 30.9. The molecule has 1 aromatic carbocycles. The fourth-order valence-electron chi connectivity index (χ4n) is 5.42. The van der Waals surface area contributed by atoms with Crippen LogP contribution in [0.4, 0.5) is 16.2 Å². The summed E-state index contributed by atoms with van der Waals surface area (Å²) in [6, 6.07) is 7.09. The number of esters is 1. The summed E-state index contributed by atoms with van der Waals surface area (Å²) < 4.78 is 10.9. The number of rotatable bonds is 15. The van der Waals surface area contributed by atoms with Crippen molar-refractivity contribution in [3.63, 3.8) is 0 Å². The molecule has 218 valence electrons. The van der Waals surface area contributed by atoms with Crippen molar-refractivity contribution in [3.05, 3.63) is 24.3 Å². The van der Waals surface area contributed by atoms with E-state index in [1.54, 1.807) is 24.3 Å². The molecule has 2 amide bonds. The van der Waals surface area contributed by atoms with E-state index in [9.17, 15) is 14.4 Å². The summed E-state index contributed by atoms with van der Waals surface area (Å²) in [5.74, 6) is 0.397.